The zero-order chi connectivity index (χ0) is 12.9. The summed E-state index contributed by atoms with van der Waals surface area (Å²) in [5.74, 6) is -0.0162. The lowest BCUT2D eigenvalue weighted by molar-refractivity contribution is -0.133. The van der Waals surface area contributed by atoms with E-state index in [-0.39, 0.29) is 23.7 Å². The number of piperidine rings is 1. The zero-order valence-electron chi connectivity index (χ0n) is 10.3. The summed E-state index contributed by atoms with van der Waals surface area (Å²) in [5.41, 5.74) is 7.92. The van der Waals surface area contributed by atoms with Crippen molar-refractivity contribution < 1.29 is 9.59 Å². The third-order valence-electron chi connectivity index (χ3n) is 4.03. The van der Waals surface area contributed by atoms with Crippen LogP contribution in [0.1, 0.15) is 24.8 Å². The van der Waals surface area contributed by atoms with Crippen molar-refractivity contribution in [1.82, 2.24) is 0 Å². The van der Waals surface area contributed by atoms with Gasteiger partial charge >= 0.3 is 0 Å². The average molecular weight is 244 g/mol. The van der Waals surface area contributed by atoms with Gasteiger partial charge in [0, 0.05) is 17.5 Å². The molecule has 1 heterocycles. The lowest BCUT2D eigenvalue weighted by atomic mass is 9.96. The molecule has 4 heteroatoms. The Bertz CT molecular complexity index is 517. The number of nitrogen functional groups attached to an aromatic ring is 1. The average Bonchev–Trinajstić information content (AvgIpc) is 2.76. The monoisotopic (exact) mass is 244 g/mol. The first-order valence-electron chi connectivity index (χ1n) is 6.32. The molecular formula is C14H16N2O2. The SMILES string of the molecule is Cc1cc(N)ccc1N1C(=O)C2CCC(C2)C1=O. The minimum absolute atomic E-state index is 0.0321. The van der Waals surface area contributed by atoms with Crippen LogP contribution in [0.5, 0.6) is 0 Å². The van der Waals surface area contributed by atoms with Gasteiger partial charge in [0.2, 0.25) is 11.8 Å². The van der Waals surface area contributed by atoms with E-state index < -0.39 is 0 Å². The predicted molar refractivity (Wildman–Crippen MR) is 68.9 cm³/mol. The van der Waals surface area contributed by atoms with E-state index in [9.17, 15) is 9.59 Å². The number of aryl methyl sites for hydroxylation is 1. The van der Waals surface area contributed by atoms with Crippen LogP contribution in [-0.2, 0) is 9.59 Å². The Kier molecular flexibility index (Phi) is 2.40. The largest absolute Gasteiger partial charge is 0.399 e. The fraction of sp³-hybridized carbons (Fsp3) is 0.429. The molecule has 4 nitrogen and oxygen atoms in total. The fourth-order valence-electron chi connectivity index (χ4n) is 3.07. The molecule has 2 unspecified atom stereocenters. The molecule has 0 spiro atoms. The van der Waals surface area contributed by atoms with Crippen molar-refractivity contribution in [2.45, 2.75) is 26.2 Å². The molecule has 2 N–H and O–H groups in total. The molecule has 2 bridgehead atoms. The number of carbonyl (C=O) groups is 2. The summed E-state index contributed by atoms with van der Waals surface area (Å²) in [7, 11) is 0. The van der Waals surface area contributed by atoms with Crippen molar-refractivity contribution in [3.63, 3.8) is 0 Å². The molecule has 2 amide bonds. The second kappa shape index (κ2) is 3.83. The molecule has 2 atom stereocenters. The molecule has 18 heavy (non-hydrogen) atoms. The molecular weight excluding hydrogens is 228 g/mol. The van der Waals surface area contributed by atoms with Crippen molar-refractivity contribution in [1.29, 1.82) is 0 Å². The molecule has 0 aromatic heterocycles. The van der Waals surface area contributed by atoms with Crippen LogP contribution >= 0.6 is 0 Å². The number of rotatable bonds is 1. The van der Waals surface area contributed by atoms with Gasteiger partial charge in [-0.05, 0) is 49.9 Å². The molecule has 3 rings (SSSR count). The Labute approximate surface area is 106 Å². The molecule has 1 aliphatic carbocycles. The van der Waals surface area contributed by atoms with Gasteiger partial charge in [-0.15, -0.1) is 0 Å². The first kappa shape index (κ1) is 11.3. The summed E-state index contributed by atoms with van der Waals surface area (Å²) >= 11 is 0. The second-order valence-electron chi connectivity index (χ2n) is 5.26. The summed E-state index contributed by atoms with van der Waals surface area (Å²) < 4.78 is 0. The van der Waals surface area contributed by atoms with Gasteiger partial charge in [-0.3, -0.25) is 9.59 Å². The van der Waals surface area contributed by atoms with E-state index in [0.29, 0.717) is 11.4 Å². The lowest BCUT2D eigenvalue weighted by Crippen LogP contribution is -2.46. The first-order chi connectivity index (χ1) is 8.58. The topological polar surface area (TPSA) is 63.4 Å². The maximum absolute atomic E-state index is 12.3. The Hall–Kier alpha value is -1.84. The minimum atomic E-state index is -0.0402. The van der Waals surface area contributed by atoms with Crippen molar-refractivity contribution in [3.8, 4) is 0 Å². The van der Waals surface area contributed by atoms with Crippen LogP contribution in [0.3, 0.4) is 0 Å². The van der Waals surface area contributed by atoms with Crippen LogP contribution in [0.4, 0.5) is 11.4 Å². The van der Waals surface area contributed by atoms with Gasteiger partial charge in [0.1, 0.15) is 0 Å². The maximum atomic E-state index is 12.3. The number of nitrogens with two attached hydrogens (primary N) is 1. The maximum Gasteiger partial charge on any atom is 0.236 e. The van der Waals surface area contributed by atoms with Crippen molar-refractivity contribution in [3.05, 3.63) is 23.8 Å². The van der Waals surface area contributed by atoms with Crippen LogP contribution < -0.4 is 10.6 Å². The minimum Gasteiger partial charge on any atom is -0.399 e. The molecule has 2 fully saturated rings. The van der Waals surface area contributed by atoms with Gasteiger partial charge in [0.25, 0.3) is 0 Å². The van der Waals surface area contributed by atoms with Crippen LogP contribution in [0.25, 0.3) is 0 Å². The lowest BCUT2D eigenvalue weighted by Gasteiger charge is -2.30. The van der Waals surface area contributed by atoms with E-state index in [1.807, 2.05) is 6.92 Å². The third kappa shape index (κ3) is 1.52. The van der Waals surface area contributed by atoms with E-state index in [0.717, 1.165) is 24.8 Å². The molecule has 1 aromatic rings. The summed E-state index contributed by atoms with van der Waals surface area (Å²) in [6.07, 6.45) is 2.43. The molecule has 94 valence electrons. The highest BCUT2D eigenvalue weighted by molar-refractivity contribution is 6.19. The molecule has 2 aliphatic rings. The van der Waals surface area contributed by atoms with Gasteiger partial charge in [0.15, 0.2) is 0 Å². The number of carbonyl (C=O) groups excluding carboxylic acids is 2. The van der Waals surface area contributed by atoms with Crippen LogP contribution in [-0.4, -0.2) is 11.8 Å². The summed E-state index contributed by atoms with van der Waals surface area (Å²) in [5, 5.41) is 0. The van der Waals surface area contributed by atoms with Crippen LogP contribution in [0, 0.1) is 18.8 Å². The Morgan fingerprint density at radius 1 is 1.17 bits per heavy atom. The Morgan fingerprint density at radius 2 is 1.78 bits per heavy atom. The van der Waals surface area contributed by atoms with E-state index in [2.05, 4.69) is 0 Å². The van der Waals surface area contributed by atoms with Crippen molar-refractivity contribution in [2.24, 2.45) is 11.8 Å². The van der Waals surface area contributed by atoms with Crippen molar-refractivity contribution >= 4 is 23.2 Å². The first-order valence-corrected chi connectivity index (χ1v) is 6.32. The number of amides is 2. The second-order valence-corrected chi connectivity index (χ2v) is 5.26. The quantitative estimate of drug-likeness (QED) is 0.606. The van der Waals surface area contributed by atoms with Crippen LogP contribution in [0.2, 0.25) is 0 Å². The molecule has 0 radical (unpaired) electrons. The zero-order valence-corrected chi connectivity index (χ0v) is 10.3. The number of benzene rings is 1. The van der Waals surface area contributed by atoms with Gasteiger partial charge in [-0.2, -0.15) is 0 Å². The molecule has 1 aliphatic heterocycles. The third-order valence-corrected chi connectivity index (χ3v) is 4.03. The molecule has 1 aromatic carbocycles. The van der Waals surface area contributed by atoms with E-state index in [1.165, 1.54) is 4.90 Å². The highest BCUT2D eigenvalue weighted by Gasteiger charge is 2.46. The van der Waals surface area contributed by atoms with Gasteiger partial charge in [-0.1, -0.05) is 0 Å². The number of imide groups is 1. The highest BCUT2D eigenvalue weighted by atomic mass is 16.2. The van der Waals surface area contributed by atoms with E-state index in [1.54, 1.807) is 18.2 Å². The number of hydrogen-bond donors (Lipinski definition) is 1. The Balaban J connectivity index is 2.05. The van der Waals surface area contributed by atoms with Gasteiger partial charge in [-0.25, -0.2) is 4.90 Å². The Morgan fingerprint density at radius 3 is 2.33 bits per heavy atom. The van der Waals surface area contributed by atoms with Gasteiger partial charge in [0.05, 0.1) is 5.69 Å². The van der Waals surface area contributed by atoms with Crippen LogP contribution in [0.15, 0.2) is 18.2 Å². The highest BCUT2D eigenvalue weighted by Crippen LogP contribution is 2.40. The number of anilines is 2. The van der Waals surface area contributed by atoms with E-state index in [4.69, 9.17) is 5.73 Å². The summed E-state index contributed by atoms with van der Waals surface area (Å²) in [6.45, 7) is 1.88. The number of hydrogen-bond acceptors (Lipinski definition) is 3. The predicted octanol–water partition coefficient (Wildman–Crippen LogP) is 1.87. The van der Waals surface area contributed by atoms with Crippen molar-refractivity contribution in [2.75, 3.05) is 10.6 Å². The number of fused-ring (bicyclic) bond motifs is 2. The molecule has 1 saturated carbocycles. The summed E-state index contributed by atoms with van der Waals surface area (Å²) in [6, 6.07) is 5.30. The normalized spacial score (nSPS) is 26.8. The molecule has 1 saturated heterocycles. The fourth-order valence-corrected chi connectivity index (χ4v) is 3.07. The standard InChI is InChI=1S/C14H16N2O2/c1-8-6-11(15)4-5-12(8)16-13(17)9-2-3-10(7-9)14(16)18/h4-6,9-10H,2-3,7,15H2,1H3. The van der Waals surface area contributed by atoms with Gasteiger partial charge < -0.3 is 5.73 Å². The summed E-state index contributed by atoms with van der Waals surface area (Å²) in [4.78, 5) is 26.0. The van der Waals surface area contributed by atoms with E-state index >= 15 is 0 Å². The smallest absolute Gasteiger partial charge is 0.236 e. The number of nitrogens with zero attached hydrogens (tertiary/aromatic N) is 1.